The fourth-order valence-electron chi connectivity index (χ4n) is 2.10. The molecule has 0 aromatic heterocycles. The summed E-state index contributed by atoms with van der Waals surface area (Å²) in [5, 5.41) is 3.96. The highest BCUT2D eigenvalue weighted by Gasteiger charge is 2.17. The predicted molar refractivity (Wildman–Crippen MR) is 67.7 cm³/mol. The van der Waals surface area contributed by atoms with E-state index in [0.29, 0.717) is 0 Å². The zero-order valence-corrected chi connectivity index (χ0v) is 10.4. The third kappa shape index (κ3) is 2.76. The van der Waals surface area contributed by atoms with E-state index in [4.69, 9.17) is 0 Å². The first kappa shape index (κ1) is 11.0. The van der Waals surface area contributed by atoms with Crippen molar-refractivity contribution >= 4 is 11.8 Å². The lowest BCUT2D eigenvalue weighted by molar-refractivity contribution is 0.724. The Morgan fingerprint density at radius 1 is 1.47 bits per heavy atom. The summed E-state index contributed by atoms with van der Waals surface area (Å²) >= 11 is 2.02. The molecule has 15 heavy (non-hydrogen) atoms. The fourth-order valence-corrected chi connectivity index (χ4v) is 3.24. The molecule has 1 aromatic carbocycles. The van der Waals surface area contributed by atoms with Gasteiger partial charge in [0, 0.05) is 10.1 Å². The topological polar surface area (TPSA) is 12.0 Å². The lowest BCUT2D eigenvalue weighted by atomic mass is 10.0. The molecule has 2 heteroatoms. The first-order valence-electron chi connectivity index (χ1n) is 5.72. The molecule has 0 saturated heterocycles. The minimum Gasteiger partial charge on any atom is -0.320 e. The molecule has 0 spiro atoms. The maximum Gasteiger partial charge on any atom is 0.0107 e. The molecule has 1 aromatic rings. The summed E-state index contributed by atoms with van der Waals surface area (Å²) in [4.78, 5) is 1.50. The van der Waals surface area contributed by atoms with Crippen LogP contribution in [0.3, 0.4) is 0 Å². The molecule has 1 atom stereocenters. The SMILES string of the molecule is CNCCCc1ccc2c(c1)CC(C)S2. The first-order chi connectivity index (χ1) is 7.29. The Kier molecular flexibility index (Phi) is 3.71. The minimum absolute atomic E-state index is 0.771. The van der Waals surface area contributed by atoms with Crippen LogP contribution in [0.2, 0.25) is 0 Å². The van der Waals surface area contributed by atoms with Gasteiger partial charge in [-0.2, -0.15) is 0 Å². The standard InChI is InChI=1S/C13H19NS/c1-10-8-12-9-11(4-3-7-14-2)5-6-13(12)15-10/h5-6,9-10,14H,3-4,7-8H2,1-2H3. The molecule has 0 aliphatic carbocycles. The normalized spacial score (nSPS) is 19.2. The number of rotatable bonds is 4. The van der Waals surface area contributed by atoms with E-state index in [1.165, 1.54) is 29.7 Å². The smallest absolute Gasteiger partial charge is 0.0107 e. The molecule has 0 amide bonds. The van der Waals surface area contributed by atoms with Crippen molar-refractivity contribution in [3.8, 4) is 0 Å². The second-order valence-electron chi connectivity index (χ2n) is 4.28. The molecule has 1 nitrogen and oxygen atoms in total. The lowest BCUT2D eigenvalue weighted by Gasteiger charge is -2.04. The van der Waals surface area contributed by atoms with Gasteiger partial charge in [-0.05, 0) is 50.0 Å². The Morgan fingerprint density at radius 3 is 3.13 bits per heavy atom. The van der Waals surface area contributed by atoms with Crippen molar-refractivity contribution in [3.05, 3.63) is 29.3 Å². The molecule has 1 unspecified atom stereocenters. The highest BCUT2D eigenvalue weighted by atomic mass is 32.2. The Bertz CT molecular complexity index is 335. The van der Waals surface area contributed by atoms with Crippen LogP contribution in [0.4, 0.5) is 0 Å². The molecule has 0 fully saturated rings. The molecule has 0 radical (unpaired) electrons. The summed E-state index contributed by atoms with van der Waals surface area (Å²) in [6.07, 6.45) is 3.69. The fraction of sp³-hybridized carbons (Fsp3) is 0.538. The van der Waals surface area contributed by atoms with Crippen LogP contribution in [0.1, 0.15) is 24.5 Å². The van der Waals surface area contributed by atoms with E-state index >= 15 is 0 Å². The highest BCUT2D eigenvalue weighted by Crippen LogP contribution is 2.37. The van der Waals surface area contributed by atoms with Crippen LogP contribution < -0.4 is 5.32 Å². The Hall–Kier alpha value is -0.470. The van der Waals surface area contributed by atoms with E-state index in [1.54, 1.807) is 5.56 Å². The molecule has 1 N–H and O–H groups in total. The highest BCUT2D eigenvalue weighted by molar-refractivity contribution is 8.00. The third-order valence-electron chi connectivity index (χ3n) is 2.85. The molecule has 0 bridgehead atoms. The molecular formula is C13H19NS. The lowest BCUT2D eigenvalue weighted by Crippen LogP contribution is -2.08. The van der Waals surface area contributed by atoms with Gasteiger partial charge in [0.15, 0.2) is 0 Å². The summed E-state index contributed by atoms with van der Waals surface area (Å²) in [5.74, 6) is 0. The molecule has 1 aliphatic rings. The second-order valence-corrected chi connectivity index (χ2v) is 5.76. The van der Waals surface area contributed by atoms with E-state index in [2.05, 4.69) is 30.4 Å². The Labute approximate surface area is 96.7 Å². The number of nitrogens with one attached hydrogen (secondary N) is 1. The van der Waals surface area contributed by atoms with Crippen molar-refractivity contribution in [2.75, 3.05) is 13.6 Å². The van der Waals surface area contributed by atoms with Crippen molar-refractivity contribution in [2.45, 2.75) is 36.3 Å². The van der Waals surface area contributed by atoms with Crippen LogP contribution in [0.15, 0.2) is 23.1 Å². The summed E-state index contributed by atoms with van der Waals surface area (Å²) < 4.78 is 0. The number of thioether (sulfide) groups is 1. The van der Waals surface area contributed by atoms with E-state index < -0.39 is 0 Å². The molecule has 0 saturated carbocycles. The van der Waals surface area contributed by atoms with Gasteiger partial charge in [-0.1, -0.05) is 19.1 Å². The quantitative estimate of drug-likeness (QED) is 0.785. The molecule has 82 valence electrons. The van der Waals surface area contributed by atoms with Gasteiger partial charge in [0.2, 0.25) is 0 Å². The predicted octanol–water partition coefficient (Wildman–Crippen LogP) is 2.88. The average molecular weight is 221 g/mol. The minimum atomic E-state index is 0.771. The Balaban J connectivity index is 2.00. The number of benzene rings is 1. The number of hydrogen-bond donors (Lipinski definition) is 1. The zero-order valence-electron chi connectivity index (χ0n) is 9.55. The van der Waals surface area contributed by atoms with E-state index in [0.717, 1.165) is 11.8 Å². The Morgan fingerprint density at radius 2 is 2.33 bits per heavy atom. The van der Waals surface area contributed by atoms with Crippen LogP contribution in [0, 0.1) is 0 Å². The van der Waals surface area contributed by atoms with Crippen molar-refractivity contribution in [1.29, 1.82) is 0 Å². The summed E-state index contributed by atoms with van der Waals surface area (Å²) in [6, 6.07) is 7.00. The van der Waals surface area contributed by atoms with Gasteiger partial charge in [-0.15, -0.1) is 11.8 Å². The van der Waals surface area contributed by atoms with Gasteiger partial charge in [0.05, 0.1) is 0 Å². The number of fused-ring (bicyclic) bond motifs is 1. The molecule has 1 heterocycles. The first-order valence-corrected chi connectivity index (χ1v) is 6.60. The van der Waals surface area contributed by atoms with Crippen LogP contribution in [-0.2, 0) is 12.8 Å². The van der Waals surface area contributed by atoms with Crippen molar-refractivity contribution in [2.24, 2.45) is 0 Å². The number of hydrogen-bond acceptors (Lipinski definition) is 2. The van der Waals surface area contributed by atoms with Crippen LogP contribution in [-0.4, -0.2) is 18.8 Å². The zero-order chi connectivity index (χ0) is 10.7. The third-order valence-corrected chi connectivity index (χ3v) is 4.07. The average Bonchev–Trinajstić information content (AvgIpc) is 2.57. The van der Waals surface area contributed by atoms with E-state index in [1.807, 2.05) is 18.8 Å². The van der Waals surface area contributed by atoms with Crippen LogP contribution >= 0.6 is 11.8 Å². The van der Waals surface area contributed by atoms with Crippen LogP contribution in [0.5, 0.6) is 0 Å². The molecule has 1 aliphatic heterocycles. The number of aryl methyl sites for hydroxylation is 1. The van der Waals surface area contributed by atoms with Gasteiger partial charge >= 0.3 is 0 Å². The van der Waals surface area contributed by atoms with Gasteiger partial charge < -0.3 is 5.32 Å². The van der Waals surface area contributed by atoms with Crippen LogP contribution in [0.25, 0.3) is 0 Å². The van der Waals surface area contributed by atoms with E-state index in [9.17, 15) is 0 Å². The van der Waals surface area contributed by atoms with Gasteiger partial charge in [-0.3, -0.25) is 0 Å². The van der Waals surface area contributed by atoms with Crippen molar-refractivity contribution < 1.29 is 0 Å². The summed E-state index contributed by atoms with van der Waals surface area (Å²) in [7, 11) is 2.01. The van der Waals surface area contributed by atoms with Crippen molar-refractivity contribution in [3.63, 3.8) is 0 Å². The summed E-state index contributed by atoms with van der Waals surface area (Å²) in [6.45, 7) is 3.42. The monoisotopic (exact) mass is 221 g/mol. The molecule has 2 rings (SSSR count). The van der Waals surface area contributed by atoms with E-state index in [-0.39, 0.29) is 0 Å². The summed E-state index contributed by atoms with van der Waals surface area (Å²) in [5.41, 5.74) is 3.06. The van der Waals surface area contributed by atoms with Crippen molar-refractivity contribution in [1.82, 2.24) is 5.32 Å². The largest absolute Gasteiger partial charge is 0.320 e. The van der Waals surface area contributed by atoms with Gasteiger partial charge in [-0.25, -0.2) is 0 Å². The van der Waals surface area contributed by atoms with Gasteiger partial charge in [0.1, 0.15) is 0 Å². The maximum atomic E-state index is 3.19. The second kappa shape index (κ2) is 5.04. The molecular weight excluding hydrogens is 202 g/mol. The van der Waals surface area contributed by atoms with Gasteiger partial charge in [0.25, 0.3) is 0 Å². The maximum absolute atomic E-state index is 3.19.